The zero-order valence-corrected chi connectivity index (χ0v) is 31.0. The third-order valence-electron chi connectivity index (χ3n) is 7.48. The van der Waals surface area contributed by atoms with E-state index < -0.39 is 99.7 Å². The van der Waals surface area contributed by atoms with Crippen LogP contribution in [0.3, 0.4) is 0 Å². The number of thioether (sulfide) groups is 4. The maximum atomic E-state index is 14.0. The monoisotopic (exact) mass is 798 g/mol. The van der Waals surface area contributed by atoms with Crippen LogP contribution in [0.4, 0.5) is 9.59 Å². The van der Waals surface area contributed by atoms with Crippen molar-refractivity contribution >= 4 is 59.1 Å². The molecule has 0 saturated carbocycles. The summed E-state index contributed by atoms with van der Waals surface area (Å²) in [5.74, 6) is 0.712. The van der Waals surface area contributed by atoms with Gasteiger partial charge in [-0.1, -0.05) is 0 Å². The molecule has 12 N–H and O–H groups in total. The highest BCUT2D eigenvalue weighted by molar-refractivity contribution is 8.00. The molecule has 22 heteroatoms. The molecule has 0 spiro atoms. The maximum Gasteiger partial charge on any atom is 0.323 e. The van der Waals surface area contributed by atoms with Gasteiger partial charge in [0, 0.05) is 46.0 Å². The van der Waals surface area contributed by atoms with Crippen molar-refractivity contribution in [2.75, 3.05) is 98.6 Å². The molecule has 0 aliphatic carbocycles. The van der Waals surface area contributed by atoms with Crippen LogP contribution < -0.4 is 0 Å². The third kappa shape index (κ3) is 14.7. The number of nitrogens with zero attached hydrogens (tertiary/aromatic N) is 4. The molecule has 8 unspecified atom stereocenters. The fourth-order valence-electron chi connectivity index (χ4n) is 5.20. The molecule has 2 aliphatic rings. The number of aliphatic hydroxyl groups is 12. The molecule has 2 heterocycles. The van der Waals surface area contributed by atoms with E-state index in [4.69, 9.17) is 20.4 Å². The molecule has 2 saturated heterocycles. The van der Waals surface area contributed by atoms with Crippen molar-refractivity contribution in [3.8, 4) is 0 Å². The van der Waals surface area contributed by atoms with Crippen molar-refractivity contribution in [2.45, 2.75) is 61.2 Å². The van der Waals surface area contributed by atoms with E-state index in [-0.39, 0.29) is 72.2 Å². The summed E-state index contributed by atoms with van der Waals surface area (Å²) in [7, 11) is 0. The van der Waals surface area contributed by atoms with E-state index in [9.17, 15) is 50.4 Å². The number of β-amino-alcohol motifs (C(OH)–C–C–N with tert-alkyl or cyclic N) is 4. The molecule has 0 aromatic heterocycles. The van der Waals surface area contributed by atoms with Gasteiger partial charge in [0.15, 0.2) is 0 Å². The van der Waals surface area contributed by atoms with Crippen LogP contribution in [0.2, 0.25) is 0 Å². The highest BCUT2D eigenvalue weighted by Crippen LogP contribution is 2.36. The number of carbonyl (C=O) groups excluding carboxylic acids is 2. The topological polar surface area (TPSA) is 290 Å². The first kappa shape index (κ1) is 45.6. The van der Waals surface area contributed by atoms with Crippen LogP contribution in [0.1, 0.15) is 0 Å². The Morgan fingerprint density at radius 1 is 0.380 bits per heavy atom. The SMILES string of the molecule is O=C1N(CC(O)CSCC(O)CO)C2C(N1CC(O)CSCC(O)CO)N(CC(O)CSCC(O)CO)C(=O)N2CC(O)CSCC(O)CO. The zero-order chi connectivity index (χ0) is 37.4. The Kier molecular flexibility index (Phi) is 21.9. The van der Waals surface area contributed by atoms with Gasteiger partial charge in [-0.05, 0) is 0 Å². The molecular weight excluding hydrogens is 745 g/mol. The van der Waals surface area contributed by atoms with Crippen LogP contribution >= 0.6 is 47.0 Å². The summed E-state index contributed by atoms with van der Waals surface area (Å²) >= 11 is 4.56. The van der Waals surface area contributed by atoms with Crippen LogP contribution in [0.5, 0.6) is 0 Å². The summed E-state index contributed by atoms with van der Waals surface area (Å²) in [6.45, 7) is -3.00. The second-order valence-corrected chi connectivity index (χ2v) is 16.4. The molecule has 2 aliphatic heterocycles. The third-order valence-corrected chi connectivity index (χ3v) is 12.4. The zero-order valence-electron chi connectivity index (χ0n) is 27.7. The Hall–Kier alpha value is -0.540. The van der Waals surface area contributed by atoms with Crippen LogP contribution in [0.15, 0.2) is 0 Å². The van der Waals surface area contributed by atoms with Crippen molar-refractivity contribution < 1.29 is 70.9 Å². The minimum Gasteiger partial charge on any atom is -0.394 e. The van der Waals surface area contributed by atoms with E-state index >= 15 is 0 Å². The normalized spacial score (nSPS) is 22.9. The minimum atomic E-state index is -1.15. The number of urea groups is 2. The number of amides is 4. The molecule has 0 radical (unpaired) electrons. The molecule has 0 aromatic carbocycles. The smallest absolute Gasteiger partial charge is 0.323 e. The lowest BCUT2D eigenvalue weighted by molar-refractivity contribution is 0.0546. The minimum absolute atomic E-state index is 0.0599. The quantitative estimate of drug-likeness (QED) is 0.0353. The van der Waals surface area contributed by atoms with Crippen LogP contribution in [0.25, 0.3) is 0 Å². The molecule has 8 atom stereocenters. The van der Waals surface area contributed by atoms with Gasteiger partial charge in [-0.2, -0.15) is 47.0 Å². The van der Waals surface area contributed by atoms with Crippen LogP contribution in [-0.2, 0) is 0 Å². The maximum absolute atomic E-state index is 14.0. The van der Waals surface area contributed by atoms with Gasteiger partial charge in [0.1, 0.15) is 12.3 Å². The summed E-state index contributed by atoms with van der Waals surface area (Å²) in [6.07, 6.45) is -10.8. The second kappa shape index (κ2) is 24.0. The molecule has 4 amide bonds. The summed E-state index contributed by atoms with van der Waals surface area (Å²) in [4.78, 5) is 33.1. The van der Waals surface area contributed by atoms with E-state index in [1.54, 1.807) is 0 Å². The van der Waals surface area contributed by atoms with E-state index in [0.717, 1.165) is 47.0 Å². The number of aliphatic hydroxyl groups excluding tert-OH is 12. The van der Waals surface area contributed by atoms with Crippen LogP contribution in [0, 0.1) is 0 Å². The fourth-order valence-corrected chi connectivity index (χ4v) is 8.76. The average Bonchev–Trinajstić information content (AvgIpc) is 3.49. The Morgan fingerprint density at radius 2 is 0.560 bits per heavy atom. The largest absolute Gasteiger partial charge is 0.394 e. The highest BCUT2D eigenvalue weighted by atomic mass is 32.2. The number of fused-ring (bicyclic) bond motifs is 1. The number of carbonyl (C=O) groups is 2. The lowest BCUT2D eigenvalue weighted by atomic mass is 10.2. The summed E-state index contributed by atoms with van der Waals surface area (Å²) in [5.41, 5.74) is 0. The van der Waals surface area contributed by atoms with Gasteiger partial charge in [0.25, 0.3) is 0 Å². The van der Waals surface area contributed by atoms with Gasteiger partial charge >= 0.3 is 12.1 Å². The van der Waals surface area contributed by atoms with Crippen molar-refractivity contribution in [2.24, 2.45) is 0 Å². The van der Waals surface area contributed by atoms with Gasteiger partial charge in [-0.15, -0.1) is 0 Å². The number of hydrogen-bond acceptors (Lipinski definition) is 18. The Morgan fingerprint density at radius 3 is 0.740 bits per heavy atom. The number of hydrogen-bond donors (Lipinski definition) is 12. The van der Waals surface area contributed by atoms with Gasteiger partial charge in [-0.3, -0.25) is 19.6 Å². The van der Waals surface area contributed by atoms with Crippen LogP contribution in [-0.4, -0.2) is 253 Å². The predicted octanol–water partition coefficient (Wildman–Crippen LogP) is -5.10. The molecular formula is C28H54N4O14S4. The van der Waals surface area contributed by atoms with E-state index in [1.165, 1.54) is 19.6 Å². The Bertz CT molecular complexity index is 847. The van der Waals surface area contributed by atoms with Gasteiger partial charge in [0.2, 0.25) is 0 Å². The first-order valence-corrected chi connectivity index (χ1v) is 20.7. The summed E-state index contributed by atoms with van der Waals surface area (Å²) < 4.78 is 0. The lowest BCUT2D eigenvalue weighted by Gasteiger charge is -2.32. The second-order valence-electron chi connectivity index (χ2n) is 12.1. The number of rotatable bonds is 28. The standard InChI is InChI=1S/C28H54N4O14S4/c33-5-21(41)13-47-9-17(37)1-29-25-26(31(27(29)45)3-19(39)11-49-15-23(43)7-35)32(4-20(40)12-50-16-24(44)8-36)28(46)30(25)2-18(38)10-48-14-22(42)6-34/h17-26,33-44H,1-16H2. The first-order chi connectivity index (χ1) is 23.8. The highest BCUT2D eigenvalue weighted by Gasteiger charge is 2.59. The molecule has 0 bridgehead atoms. The van der Waals surface area contributed by atoms with Crippen molar-refractivity contribution in [1.82, 2.24) is 19.6 Å². The molecule has 0 aromatic rings. The Labute approximate surface area is 308 Å². The first-order valence-electron chi connectivity index (χ1n) is 16.1. The molecule has 50 heavy (non-hydrogen) atoms. The van der Waals surface area contributed by atoms with E-state index in [1.807, 2.05) is 0 Å². The van der Waals surface area contributed by atoms with E-state index in [2.05, 4.69) is 0 Å². The van der Waals surface area contributed by atoms with Crippen molar-refractivity contribution in [3.05, 3.63) is 0 Å². The molecule has 2 rings (SSSR count). The van der Waals surface area contributed by atoms with Gasteiger partial charge < -0.3 is 61.3 Å². The Balaban J connectivity index is 2.38. The van der Waals surface area contributed by atoms with E-state index in [0.29, 0.717) is 0 Å². The average molecular weight is 799 g/mol. The van der Waals surface area contributed by atoms with Gasteiger partial charge in [-0.25, -0.2) is 9.59 Å². The predicted molar refractivity (Wildman–Crippen MR) is 191 cm³/mol. The van der Waals surface area contributed by atoms with Gasteiger partial charge in [0.05, 0.1) is 101 Å². The van der Waals surface area contributed by atoms with Crippen molar-refractivity contribution in [3.63, 3.8) is 0 Å². The lowest BCUT2D eigenvalue weighted by Crippen LogP contribution is -2.52. The molecule has 294 valence electrons. The summed E-state index contributed by atoms with van der Waals surface area (Å²) in [6, 6.07) is -1.29. The molecule has 18 nitrogen and oxygen atoms in total. The summed E-state index contributed by atoms with van der Waals surface area (Å²) in [5, 5.41) is 119. The molecule has 2 fully saturated rings. The van der Waals surface area contributed by atoms with Crippen molar-refractivity contribution in [1.29, 1.82) is 0 Å². The fraction of sp³-hybridized carbons (Fsp3) is 0.929.